The first-order chi connectivity index (χ1) is 12.5. The molecule has 1 aromatic heterocycles. The molecule has 7 heteroatoms. The molecule has 26 heavy (non-hydrogen) atoms. The minimum Gasteiger partial charge on any atom is -0.493 e. The monoisotopic (exact) mass is 359 g/mol. The van der Waals surface area contributed by atoms with Crippen molar-refractivity contribution >= 4 is 5.91 Å². The summed E-state index contributed by atoms with van der Waals surface area (Å²) in [7, 11) is 3.17. The van der Waals surface area contributed by atoms with E-state index in [0.717, 1.165) is 24.0 Å². The lowest BCUT2D eigenvalue weighted by Crippen LogP contribution is -2.32. The maximum absolute atomic E-state index is 12.2. The van der Waals surface area contributed by atoms with Crippen molar-refractivity contribution in [3.63, 3.8) is 0 Å². The summed E-state index contributed by atoms with van der Waals surface area (Å²) >= 11 is 0. The number of benzene rings is 1. The second-order valence-electron chi connectivity index (χ2n) is 6.07. The molecule has 1 aliphatic rings. The molecule has 1 N–H and O–H groups in total. The van der Waals surface area contributed by atoms with Gasteiger partial charge in [0.2, 0.25) is 11.2 Å². The van der Waals surface area contributed by atoms with E-state index < -0.39 is 0 Å². The molecule has 0 fully saturated rings. The van der Waals surface area contributed by atoms with Gasteiger partial charge < -0.3 is 23.9 Å². The van der Waals surface area contributed by atoms with E-state index in [1.165, 1.54) is 12.3 Å². The molecule has 1 amide bonds. The summed E-state index contributed by atoms with van der Waals surface area (Å²) in [6.07, 6.45) is 2.83. The van der Waals surface area contributed by atoms with Crippen LogP contribution in [0, 0.1) is 6.92 Å². The van der Waals surface area contributed by atoms with Crippen LogP contribution in [-0.4, -0.2) is 26.7 Å². The highest BCUT2D eigenvalue weighted by Gasteiger charge is 2.26. The van der Waals surface area contributed by atoms with E-state index in [9.17, 15) is 9.59 Å². The van der Waals surface area contributed by atoms with E-state index in [0.29, 0.717) is 17.3 Å². The Bertz CT molecular complexity index is 873. The van der Waals surface area contributed by atoms with Gasteiger partial charge in [-0.1, -0.05) is 0 Å². The predicted octanol–water partition coefficient (Wildman–Crippen LogP) is 2.15. The number of carbonyl (C=O) groups excluding carboxylic acids is 1. The average Bonchev–Trinajstić information content (AvgIpc) is 3.01. The van der Waals surface area contributed by atoms with Crippen LogP contribution in [-0.2, 0) is 11.2 Å². The zero-order chi connectivity index (χ0) is 18.7. The van der Waals surface area contributed by atoms with Crippen molar-refractivity contribution in [1.82, 2.24) is 5.32 Å². The zero-order valence-electron chi connectivity index (χ0n) is 15.0. The molecule has 0 spiro atoms. The van der Waals surface area contributed by atoms with Crippen molar-refractivity contribution in [2.24, 2.45) is 0 Å². The maximum Gasteiger partial charge on any atom is 0.258 e. The number of hydrogen-bond acceptors (Lipinski definition) is 6. The molecule has 138 valence electrons. The number of nitrogens with one attached hydrogen (secondary N) is 1. The first-order valence-electron chi connectivity index (χ1n) is 8.28. The van der Waals surface area contributed by atoms with Crippen LogP contribution >= 0.6 is 0 Å². The third-order valence-corrected chi connectivity index (χ3v) is 4.35. The van der Waals surface area contributed by atoms with Gasteiger partial charge in [-0.15, -0.1) is 0 Å². The lowest BCUT2D eigenvalue weighted by Gasteiger charge is -2.16. The van der Waals surface area contributed by atoms with Crippen molar-refractivity contribution in [3.05, 3.63) is 51.6 Å². The summed E-state index contributed by atoms with van der Waals surface area (Å²) in [5, 5.41) is 2.93. The molecule has 2 aromatic rings. The maximum atomic E-state index is 12.2. The molecule has 1 atom stereocenters. The molecule has 0 radical (unpaired) electrons. The molecule has 0 saturated carbocycles. The minimum atomic E-state index is -0.315. The van der Waals surface area contributed by atoms with Crippen molar-refractivity contribution in [2.75, 3.05) is 20.8 Å². The second kappa shape index (κ2) is 7.51. The molecule has 0 saturated heterocycles. The van der Waals surface area contributed by atoms with Gasteiger partial charge in [-0.3, -0.25) is 9.59 Å². The van der Waals surface area contributed by atoms with Crippen molar-refractivity contribution in [2.45, 2.75) is 25.8 Å². The molecular weight excluding hydrogens is 338 g/mol. The molecule has 0 bridgehead atoms. The van der Waals surface area contributed by atoms with E-state index in [-0.39, 0.29) is 29.7 Å². The highest BCUT2D eigenvalue weighted by Crippen LogP contribution is 2.39. The van der Waals surface area contributed by atoms with Gasteiger partial charge in [0, 0.05) is 6.07 Å². The number of methoxy groups -OCH3 is 2. The van der Waals surface area contributed by atoms with Crippen LogP contribution in [0.5, 0.6) is 17.2 Å². The van der Waals surface area contributed by atoms with Gasteiger partial charge >= 0.3 is 0 Å². The third-order valence-electron chi connectivity index (χ3n) is 4.35. The fourth-order valence-corrected chi connectivity index (χ4v) is 3.06. The molecule has 1 aliphatic carbocycles. The molecular formula is C19H21NO6. The first-order valence-corrected chi connectivity index (χ1v) is 8.28. The fourth-order valence-electron chi connectivity index (χ4n) is 3.06. The number of carbonyl (C=O) groups is 1. The van der Waals surface area contributed by atoms with Crippen LogP contribution in [0.4, 0.5) is 0 Å². The fraction of sp³-hybridized carbons (Fsp3) is 0.368. The molecule has 1 heterocycles. The van der Waals surface area contributed by atoms with Crippen LogP contribution in [0.3, 0.4) is 0 Å². The van der Waals surface area contributed by atoms with E-state index in [4.69, 9.17) is 18.6 Å². The third kappa shape index (κ3) is 3.66. The predicted molar refractivity (Wildman–Crippen MR) is 94.0 cm³/mol. The quantitative estimate of drug-likeness (QED) is 0.850. The van der Waals surface area contributed by atoms with Gasteiger partial charge in [0.15, 0.2) is 18.1 Å². The van der Waals surface area contributed by atoms with Crippen LogP contribution in [0.2, 0.25) is 0 Å². The summed E-state index contributed by atoms with van der Waals surface area (Å²) in [6.45, 7) is 1.41. The van der Waals surface area contributed by atoms with E-state index in [2.05, 4.69) is 5.32 Å². The first kappa shape index (κ1) is 17.8. The minimum absolute atomic E-state index is 0.0176. The lowest BCUT2D eigenvalue weighted by molar-refractivity contribution is -0.123. The summed E-state index contributed by atoms with van der Waals surface area (Å²) in [6, 6.07) is 5.02. The van der Waals surface area contributed by atoms with Crippen molar-refractivity contribution < 1.29 is 23.4 Å². The van der Waals surface area contributed by atoms with Crippen LogP contribution in [0.15, 0.2) is 33.7 Å². The normalized spacial score (nSPS) is 15.3. The zero-order valence-corrected chi connectivity index (χ0v) is 15.0. The summed E-state index contributed by atoms with van der Waals surface area (Å²) in [4.78, 5) is 24.0. The number of ether oxygens (including phenoxy) is 3. The average molecular weight is 359 g/mol. The Labute approximate surface area is 150 Å². The van der Waals surface area contributed by atoms with Gasteiger partial charge in [0.05, 0.1) is 20.3 Å². The Kier molecular flexibility index (Phi) is 5.16. The van der Waals surface area contributed by atoms with Gasteiger partial charge in [0.25, 0.3) is 5.91 Å². The van der Waals surface area contributed by atoms with Gasteiger partial charge in [-0.25, -0.2) is 0 Å². The van der Waals surface area contributed by atoms with Crippen LogP contribution in [0.25, 0.3) is 0 Å². The molecule has 1 unspecified atom stereocenters. The number of amides is 1. The Balaban J connectivity index is 1.65. The van der Waals surface area contributed by atoms with Crippen molar-refractivity contribution in [1.29, 1.82) is 0 Å². The summed E-state index contributed by atoms with van der Waals surface area (Å²) in [5.41, 5.74) is 1.81. The Hall–Kier alpha value is -2.96. The lowest BCUT2D eigenvalue weighted by atomic mass is 10.1. The van der Waals surface area contributed by atoms with Crippen LogP contribution in [0.1, 0.15) is 29.3 Å². The number of aryl methyl sites for hydroxylation is 2. The largest absolute Gasteiger partial charge is 0.493 e. The highest BCUT2D eigenvalue weighted by atomic mass is 16.5. The second-order valence-corrected chi connectivity index (χ2v) is 6.07. The molecule has 3 rings (SSSR count). The Morgan fingerprint density at radius 3 is 2.62 bits per heavy atom. The van der Waals surface area contributed by atoms with E-state index in [1.54, 1.807) is 21.1 Å². The number of hydrogen-bond donors (Lipinski definition) is 1. The molecule has 1 aromatic carbocycles. The SMILES string of the molecule is COc1cc2c(cc1OC)C(NC(=O)COc1coc(C)cc1=O)CC2. The van der Waals surface area contributed by atoms with E-state index >= 15 is 0 Å². The standard InChI is InChI=1S/C19H21NO6/c1-11-6-15(21)18(9-25-11)26-10-19(22)20-14-5-4-12-7-16(23-2)17(24-3)8-13(12)14/h6-9,14H,4-5,10H2,1-3H3,(H,20,22). The topological polar surface area (TPSA) is 87.0 Å². The van der Waals surface area contributed by atoms with Gasteiger partial charge in [-0.2, -0.15) is 0 Å². The smallest absolute Gasteiger partial charge is 0.258 e. The van der Waals surface area contributed by atoms with Crippen LogP contribution < -0.4 is 25.0 Å². The molecule has 7 nitrogen and oxygen atoms in total. The Morgan fingerprint density at radius 2 is 1.92 bits per heavy atom. The van der Waals surface area contributed by atoms with Gasteiger partial charge in [-0.05, 0) is 43.0 Å². The summed E-state index contributed by atoms with van der Waals surface area (Å²) < 4.78 is 21.0. The number of rotatable bonds is 6. The van der Waals surface area contributed by atoms with E-state index in [1.807, 2.05) is 12.1 Å². The van der Waals surface area contributed by atoms with Crippen molar-refractivity contribution in [3.8, 4) is 17.2 Å². The van der Waals surface area contributed by atoms with Gasteiger partial charge in [0.1, 0.15) is 12.0 Å². The summed E-state index contributed by atoms with van der Waals surface area (Å²) in [5.74, 6) is 1.49. The number of fused-ring (bicyclic) bond motifs is 1. The molecule has 0 aliphatic heterocycles. The Morgan fingerprint density at radius 1 is 1.19 bits per heavy atom. The highest BCUT2D eigenvalue weighted by molar-refractivity contribution is 5.78.